The highest BCUT2D eigenvalue weighted by atomic mass is 15.3. The Kier molecular flexibility index (Phi) is 6.11. The fraction of sp³-hybridized carbons (Fsp3) is 0.750. The van der Waals surface area contributed by atoms with E-state index in [2.05, 4.69) is 47.3 Å². The molecule has 0 aliphatic carbocycles. The number of likely N-dealkylation sites (N-methyl/N-ethyl adjacent to an activating group) is 1. The molecule has 1 heterocycles. The minimum atomic E-state index is 0.909. The van der Waals surface area contributed by atoms with Crippen molar-refractivity contribution in [3.05, 3.63) is 17.5 Å². The molecule has 0 unspecified atom stereocenters. The van der Waals surface area contributed by atoms with Gasteiger partial charge in [0.1, 0.15) is 0 Å². The third-order valence-electron chi connectivity index (χ3n) is 2.61. The summed E-state index contributed by atoms with van der Waals surface area (Å²) in [7, 11) is 0. The first kappa shape index (κ1) is 13.2. The van der Waals surface area contributed by atoms with Crippen LogP contribution >= 0.6 is 0 Å². The third-order valence-corrected chi connectivity index (χ3v) is 2.61. The number of hydrogen-bond donors (Lipinski definition) is 2. The number of rotatable bonds is 8. The number of aryl methyl sites for hydroxylation is 2. The van der Waals surface area contributed by atoms with Crippen LogP contribution in [0.25, 0.3) is 0 Å². The molecule has 4 nitrogen and oxygen atoms in total. The Hall–Kier alpha value is -0.870. The first-order valence-electron chi connectivity index (χ1n) is 6.28. The van der Waals surface area contributed by atoms with Gasteiger partial charge in [-0.15, -0.1) is 0 Å². The first-order valence-corrected chi connectivity index (χ1v) is 6.28. The molecule has 2 N–H and O–H groups in total. The maximum absolute atomic E-state index is 4.52. The van der Waals surface area contributed by atoms with Gasteiger partial charge in [0, 0.05) is 26.2 Å². The van der Waals surface area contributed by atoms with E-state index in [1.54, 1.807) is 0 Å². The summed E-state index contributed by atoms with van der Waals surface area (Å²) in [6, 6.07) is 2.20. The van der Waals surface area contributed by atoms with E-state index in [9.17, 15) is 0 Å². The lowest BCUT2D eigenvalue weighted by Gasteiger charge is -2.06. The quantitative estimate of drug-likeness (QED) is 0.651. The summed E-state index contributed by atoms with van der Waals surface area (Å²) in [6.07, 6.45) is 1.01. The zero-order valence-electron chi connectivity index (χ0n) is 10.7. The van der Waals surface area contributed by atoms with Crippen molar-refractivity contribution in [3.8, 4) is 0 Å². The first-order chi connectivity index (χ1) is 7.81. The van der Waals surface area contributed by atoms with Crippen LogP contribution in [0.5, 0.6) is 0 Å². The molecule has 1 aromatic rings. The van der Waals surface area contributed by atoms with Crippen molar-refractivity contribution in [3.63, 3.8) is 0 Å². The summed E-state index contributed by atoms with van der Waals surface area (Å²) in [5, 5.41) is 11.2. The molecule has 1 aromatic heterocycles. The van der Waals surface area contributed by atoms with Crippen molar-refractivity contribution >= 4 is 0 Å². The summed E-state index contributed by atoms with van der Waals surface area (Å²) >= 11 is 0. The molecule has 0 bridgehead atoms. The summed E-state index contributed by atoms with van der Waals surface area (Å²) in [5.74, 6) is 0. The molecular formula is C12H24N4. The summed E-state index contributed by atoms with van der Waals surface area (Å²) in [4.78, 5) is 0. The van der Waals surface area contributed by atoms with Crippen molar-refractivity contribution in [1.82, 2.24) is 20.4 Å². The van der Waals surface area contributed by atoms with E-state index in [0.29, 0.717) is 0 Å². The molecule has 0 aliphatic heterocycles. The van der Waals surface area contributed by atoms with Crippen LogP contribution in [-0.4, -0.2) is 29.4 Å². The third kappa shape index (κ3) is 3.94. The second-order valence-electron chi connectivity index (χ2n) is 3.83. The van der Waals surface area contributed by atoms with Crippen LogP contribution in [0.2, 0.25) is 0 Å². The van der Waals surface area contributed by atoms with E-state index in [0.717, 1.165) is 39.1 Å². The fourth-order valence-corrected chi connectivity index (χ4v) is 1.67. The molecule has 0 aromatic carbocycles. The van der Waals surface area contributed by atoms with E-state index in [1.807, 2.05) is 0 Å². The Morgan fingerprint density at radius 1 is 1.19 bits per heavy atom. The van der Waals surface area contributed by atoms with Crippen LogP contribution in [0.3, 0.4) is 0 Å². The van der Waals surface area contributed by atoms with Crippen molar-refractivity contribution in [2.24, 2.45) is 0 Å². The van der Waals surface area contributed by atoms with Crippen LogP contribution in [0.4, 0.5) is 0 Å². The van der Waals surface area contributed by atoms with Crippen LogP contribution in [0, 0.1) is 0 Å². The molecule has 0 fully saturated rings. The lowest BCUT2D eigenvalue weighted by atomic mass is 10.3. The molecule has 0 aliphatic rings. The SMILES string of the molecule is CCNCCNCc1cc(CC)nn1CC. The molecule has 0 spiro atoms. The Morgan fingerprint density at radius 2 is 1.94 bits per heavy atom. The van der Waals surface area contributed by atoms with E-state index in [4.69, 9.17) is 0 Å². The van der Waals surface area contributed by atoms with Crippen molar-refractivity contribution in [2.75, 3.05) is 19.6 Å². The Morgan fingerprint density at radius 3 is 2.56 bits per heavy atom. The monoisotopic (exact) mass is 224 g/mol. The van der Waals surface area contributed by atoms with Gasteiger partial charge < -0.3 is 10.6 Å². The summed E-state index contributed by atoms with van der Waals surface area (Å²) in [5.41, 5.74) is 2.47. The molecule has 0 saturated carbocycles. The highest BCUT2D eigenvalue weighted by molar-refractivity contribution is 5.10. The summed E-state index contributed by atoms with van der Waals surface area (Å²) in [6.45, 7) is 11.3. The lowest BCUT2D eigenvalue weighted by Crippen LogP contribution is -2.27. The van der Waals surface area contributed by atoms with Gasteiger partial charge >= 0.3 is 0 Å². The van der Waals surface area contributed by atoms with Gasteiger partial charge in [-0.2, -0.15) is 5.10 Å². The van der Waals surface area contributed by atoms with Gasteiger partial charge in [0.15, 0.2) is 0 Å². The van der Waals surface area contributed by atoms with Crippen molar-refractivity contribution in [2.45, 2.75) is 40.3 Å². The zero-order chi connectivity index (χ0) is 11.8. The molecule has 1 rings (SSSR count). The minimum absolute atomic E-state index is 0.909. The maximum atomic E-state index is 4.52. The maximum Gasteiger partial charge on any atom is 0.0625 e. The second kappa shape index (κ2) is 7.41. The van der Waals surface area contributed by atoms with Crippen LogP contribution in [-0.2, 0) is 19.5 Å². The fourth-order valence-electron chi connectivity index (χ4n) is 1.67. The standard InChI is InChI=1S/C12H24N4/c1-4-11-9-12(16(6-3)15-11)10-14-8-7-13-5-2/h9,13-14H,4-8,10H2,1-3H3. The van der Waals surface area contributed by atoms with Gasteiger partial charge in [0.25, 0.3) is 0 Å². The van der Waals surface area contributed by atoms with Gasteiger partial charge in [0.2, 0.25) is 0 Å². The Balaban J connectivity index is 2.37. The van der Waals surface area contributed by atoms with Crippen LogP contribution in [0.1, 0.15) is 32.2 Å². The Labute approximate surface area is 98.4 Å². The number of aromatic nitrogens is 2. The normalized spacial score (nSPS) is 10.9. The Bertz CT molecular complexity index is 293. The van der Waals surface area contributed by atoms with E-state index in [1.165, 1.54) is 11.4 Å². The largest absolute Gasteiger partial charge is 0.316 e. The number of hydrogen-bond acceptors (Lipinski definition) is 3. The van der Waals surface area contributed by atoms with Crippen LogP contribution < -0.4 is 10.6 Å². The van der Waals surface area contributed by atoms with Gasteiger partial charge in [-0.05, 0) is 26.0 Å². The van der Waals surface area contributed by atoms with Gasteiger partial charge in [-0.3, -0.25) is 4.68 Å². The molecule has 16 heavy (non-hydrogen) atoms. The smallest absolute Gasteiger partial charge is 0.0625 e. The van der Waals surface area contributed by atoms with Crippen LogP contribution in [0.15, 0.2) is 6.07 Å². The number of nitrogens with one attached hydrogen (secondary N) is 2. The average Bonchev–Trinajstić information content (AvgIpc) is 2.71. The van der Waals surface area contributed by atoms with Gasteiger partial charge in [-0.25, -0.2) is 0 Å². The van der Waals surface area contributed by atoms with E-state index >= 15 is 0 Å². The minimum Gasteiger partial charge on any atom is -0.316 e. The van der Waals surface area contributed by atoms with E-state index < -0.39 is 0 Å². The predicted octanol–water partition coefficient (Wildman–Crippen LogP) is 1.16. The number of nitrogens with zero attached hydrogens (tertiary/aromatic N) is 2. The van der Waals surface area contributed by atoms with Crippen molar-refractivity contribution < 1.29 is 0 Å². The second-order valence-corrected chi connectivity index (χ2v) is 3.83. The molecular weight excluding hydrogens is 200 g/mol. The van der Waals surface area contributed by atoms with Gasteiger partial charge in [0.05, 0.1) is 11.4 Å². The highest BCUT2D eigenvalue weighted by Gasteiger charge is 2.04. The topological polar surface area (TPSA) is 41.9 Å². The molecule has 92 valence electrons. The summed E-state index contributed by atoms with van der Waals surface area (Å²) < 4.78 is 2.08. The predicted molar refractivity (Wildman–Crippen MR) is 67.5 cm³/mol. The highest BCUT2D eigenvalue weighted by Crippen LogP contribution is 2.04. The lowest BCUT2D eigenvalue weighted by molar-refractivity contribution is 0.566. The van der Waals surface area contributed by atoms with Crippen molar-refractivity contribution in [1.29, 1.82) is 0 Å². The molecule has 0 saturated heterocycles. The zero-order valence-corrected chi connectivity index (χ0v) is 10.7. The average molecular weight is 224 g/mol. The molecule has 0 atom stereocenters. The molecule has 0 amide bonds. The van der Waals surface area contributed by atoms with E-state index in [-0.39, 0.29) is 0 Å². The molecule has 0 radical (unpaired) electrons. The van der Waals surface area contributed by atoms with Gasteiger partial charge in [-0.1, -0.05) is 13.8 Å². The molecule has 4 heteroatoms.